The smallest absolute Gasteiger partial charge is 0.120 e. The minimum absolute atomic E-state index is 0.323. The molecule has 0 aliphatic carbocycles. The number of aryl methyl sites for hydroxylation is 1. The van der Waals surface area contributed by atoms with Crippen molar-refractivity contribution in [2.75, 3.05) is 19.0 Å². The Morgan fingerprint density at radius 2 is 1.86 bits per heavy atom. The summed E-state index contributed by atoms with van der Waals surface area (Å²) in [6.45, 7) is 8.78. The van der Waals surface area contributed by atoms with E-state index in [9.17, 15) is 5.11 Å². The molecule has 3 nitrogen and oxygen atoms in total. The van der Waals surface area contributed by atoms with E-state index in [-0.39, 0.29) is 0 Å². The monoisotopic (exact) mass is 393 g/mol. The van der Waals surface area contributed by atoms with Gasteiger partial charge in [0, 0.05) is 12.7 Å². The summed E-state index contributed by atoms with van der Waals surface area (Å²) >= 11 is 0. The topological polar surface area (TPSA) is 41.5 Å². The standard InChI is InChI=1S/C26H35NO2/c1-6-7-21(22-11-13-24(27-5)14-12-22)9-10-23-17-26(15-8-20(23)4)29-18-25(28)16-19(2)3/h7-15,17,19,25,27-28H,6,16,18H2,1-5H3/b10-9-,21-7-. The van der Waals surface area contributed by atoms with Crippen LogP contribution in [0.3, 0.4) is 0 Å². The first kappa shape index (κ1) is 22.8. The van der Waals surface area contributed by atoms with Gasteiger partial charge in [-0.1, -0.05) is 57.2 Å². The van der Waals surface area contributed by atoms with Gasteiger partial charge in [-0.2, -0.15) is 0 Å². The third-order valence-corrected chi connectivity index (χ3v) is 4.81. The Bertz CT molecular complexity index is 819. The highest BCUT2D eigenvalue weighted by Gasteiger charge is 2.08. The number of hydrogen-bond acceptors (Lipinski definition) is 3. The maximum absolute atomic E-state index is 10.1. The largest absolute Gasteiger partial charge is 0.491 e. The maximum atomic E-state index is 10.1. The van der Waals surface area contributed by atoms with Crippen LogP contribution in [-0.4, -0.2) is 24.9 Å². The molecular formula is C26H35NO2. The van der Waals surface area contributed by atoms with Crippen LogP contribution in [-0.2, 0) is 0 Å². The molecule has 2 aromatic rings. The van der Waals surface area contributed by atoms with Crippen molar-refractivity contribution in [3.05, 3.63) is 71.3 Å². The first-order valence-corrected chi connectivity index (χ1v) is 10.5. The van der Waals surface area contributed by atoms with E-state index in [1.54, 1.807) is 0 Å². The lowest BCUT2D eigenvalue weighted by Gasteiger charge is -2.15. The lowest BCUT2D eigenvalue weighted by Crippen LogP contribution is -2.19. The van der Waals surface area contributed by atoms with Crippen molar-refractivity contribution >= 4 is 17.3 Å². The molecule has 0 radical (unpaired) electrons. The van der Waals surface area contributed by atoms with Crippen LogP contribution in [0.5, 0.6) is 5.75 Å². The predicted molar refractivity (Wildman–Crippen MR) is 125 cm³/mol. The van der Waals surface area contributed by atoms with Crippen molar-refractivity contribution in [2.24, 2.45) is 5.92 Å². The molecule has 1 unspecified atom stereocenters. The van der Waals surface area contributed by atoms with Gasteiger partial charge in [0.2, 0.25) is 0 Å². The zero-order valence-electron chi connectivity index (χ0n) is 18.4. The van der Waals surface area contributed by atoms with Gasteiger partial charge in [0.15, 0.2) is 0 Å². The predicted octanol–water partition coefficient (Wildman–Crippen LogP) is 6.33. The van der Waals surface area contributed by atoms with Crippen LogP contribution in [0.15, 0.2) is 54.6 Å². The summed E-state index contributed by atoms with van der Waals surface area (Å²) in [5, 5.41) is 13.2. The van der Waals surface area contributed by atoms with Gasteiger partial charge in [0.05, 0.1) is 6.10 Å². The number of ether oxygens (including phenoxy) is 1. The van der Waals surface area contributed by atoms with Crippen LogP contribution >= 0.6 is 0 Å². The summed E-state index contributed by atoms with van der Waals surface area (Å²) in [7, 11) is 1.93. The summed E-state index contributed by atoms with van der Waals surface area (Å²) in [4.78, 5) is 0. The molecule has 0 bridgehead atoms. The summed E-state index contributed by atoms with van der Waals surface area (Å²) in [5.74, 6) is 1.24. The summed E-state index contributed by atoms with van der Waals surface area (Å²) < 4.78 is 5.82. The number of aliphatic hydroxyl groups is 1. The molecule has 0 spiro atoms. The van der Waals surface area contributed by atoms with Gasteiger partial charge in [0.1, 0.15) is 12.4 Å². The van der Waals surface area contributed by atoms with Crippen molar-refractivity contribution in [3.63, 3.8) is 0 Å². The molecule has 2 rings (SSSR count). The third-order valence-electron chi connectivity index (χ3n) is 4.81. The van der Waals surface area contributed by atoms with Crippen molar-refractivity contribution in [3.8, 4) is 5.75 Å². The number of anilines is 1. The molecule has 1 atom stereocenters. The lowest BCUT2D eigenvalue weighted by molar-refractivity contribution is 0.0892. The molecule has 0 saturated carbocycles. The van der Waals surface area contributed by atoms with E-state index in [2.05, 4.69) is 81.6 Å². The van der Waals surface area contributed by atoms with E-state index >= 15 is 0 Å². The minimum Gasteiger partial charge on any atom is -0.491 e. The molecule has 29 heavy (non-hydrogen) atoms. The number of rotatable bonds is 10. The molecule has 3 heteroatoms. The van der Waals surface area contributed by atoms with Crippen molar-refractivity contribution in [2.45, 2.75) is 46.6 Å². The Labute approximate surface area is 176 Å². The van der Waals surface area contributed by atoms with Gasteiger partial charge in [0.25, 0.3) is 0 Å². The van der Waals surface area contributed by atoms with Crippen molar-refractivity contribution in [1.29, 1.82) is 0 Å². The van der Waals surface area contributed by atoms with Gasteiger partial charge in [-0.3, -0.25) is 0 Å². The first-order valence-electron chi connectivity index (χ1n) is 10.5. The molecule has 0 aliphatic rings. The zero-order chi connectivity index (χ0) is 21.2. The molecule has 0 amide bonds. The Kier molecular flexibility index (Phi) is 9.01. The van der Waals surface area contributed by atoms with E-state index in [4.69, 9.17) is 4.74 Å². The fourth-order valence-electron chi connectivity index (χ4n) is 3.20. The van der Waals surface area contributed by atoms with Crippen LogP contribution in [0, 0.1) is 12.8 Å². The quantitative estimate of drug-likeness (QED) is 0.464. The average Bonchev–Trinajstić information content (AvgIpc) is 2.70. The van der Waals surface area contributed by atoms with Crippen molar-refractivity contribution in [1.82, 2.24) is 0 Å². The minimum atomic E-state index is -0.435. The molecule has 2 N–H and O–H groups in total. The van der Waals surface area contributed by atoms with Gasteiger partial charge < -0.3 is 15.2 Å². The molecule has 2 aromatic carbocycles. The number of benzene rings is 2. The van der Waals surface area contributed by atoms with Gasteiger partial charge in [-0.25, -0.2) is 0 Å². The normalized spacial score (nSPS) is 13.1. The molecule has 156 valence electrons. The first-order chi connectivity index (χ1) is 13.9. The van der Waals surface area contributed by atoms with Crippen LogP contribution < -0.4 is 10.1 Å². The SMILES string of the molecule is CC/C=C(/C=C\c1cc(OCC(O)CC(C)C)ccc1C)c1ccc(NC)cc1. The number of nitrogens with one attached hydrogen (secondary N) is 1. The summed E-state index contributed by atoms with van der Waals surface area (Å²) in [6, 6.07) is 14.5. The fourth-order valence-corrected chi connectivity index (χ4v) is 3.20. The van der Waals surface area contributed by atoms with E-state index in [1.807, 2.05) is 19.2 Å². The molecule has 0 aromatic heterocycles. The van der Waals surface area contributed by atoms with E-state index < -0.39 is 6.10 Å². The van der Waals surface area contributed by atoms with Crippen LogP contribution in [0.1, 0.15) is 50.3 Å². The highest BCUT2D eigenvalue weighted by molar-refractivity contribution is 5.80. The second-order valence-electron chi connectivity index (χ2n) is 7.84. The molecule has 0 aliphatic heterocycles. The fraction of sp³-hybridized carbons (Fsp3) is 0.385. The van der Waals surface area contributed by atoms with E-state index in [1.165, 1.54) is 16.7 Å². The second-order valence-corrected chi connectivity index (χ2v) is 7.84. The zero-order valence-corrected chi connectivity index (χ0v) is 18.4. The number of allylic oxidation sites excluding steroid dienone is 3. The highest BCUT2D eigenvalue weighted by Crippen LogP contribution is 2.23. The van der Waals surface area contributed by atoms with Crippen LogP contribution in [0.25, 0.3) is 11.6 Å². The molecular weight excluding hydrogens is 358 g/mol. The summed E-state index contributed by atoms with van der Waals surface area (Å²) in [6.07, 6.45) is 7.83. The Hall–Kier alpha value is -2.52. The van der Waals surface area contributed by atoms with Gasteiger partial charge in [-0.05, 0) is 72.2 Å². The average molecular weight is 394 g/mol. The highest BCUT2D eigenvalue weighted by atomic mass is 16.5. The Morgan fingerprint density at radius 1 is 1.14 bits per heavy atom. The Balaban J connectivity index is 2.15. The summed E-state index contributed by atoms with van der Waals surface area (Å²) in [5.41, 5.74) is 5.82. The van der Waals surface area contributed by atoms with Gasteiger partial charge in [-0.15, -0.1) is 0 Å². The second kappa shape index (κ2) is 11.5. The van der Waals surface area contributed by atoms with Crippen molar-refractivity contribution < 1.29 is 9.84 Å². The van der Waals surface area contributed by atoms with Crippen LogP contribution in [0.2, 0.25) is 0 Å². The van der Waals surface area contributed by atoms with Crippen LogP contribution in [0.4, 0.5) is 5.69 Å². The molecule has 0 heterocycles. The maximum Gasteiger partial charge on any atom is 0.120 e. The van der Waals surface area contributed by atoms with E-state index in [0.29, 0.717) is 12.5 Å². The number of hydrogen-bond donors (Lipinski definition) is 2. The van der Waals surface area contributed by atoms with E-state index in [0.717, 1.165) is 29.8 Å². The molecule has 0 saturated heterocycles. The third kappa shape index (κ3) is 7.43. The Morgan fingerprint density at radius 3 is 2.48 bits per heavy atom. The number of aliphatic hydroxyl groups excluding tert-OH is 1. The molecule has 0 fully saturated rings. The van der Waals surface area contributed by atoms with Gasteiger partial charge >= 0.3 is 0 Å². The lowest BCUT2D eigenvalue weighted by atomic mass is 10.0.